The zero-order valence-corrected chi connectivity index (χ0v) is 15.7. The minimum Gasteiger partial charge on any atom is -0.393 e. The number of hydrogen-bond donors (Lipinski definition) is 3. The largest absolute Gasteiger partial charge is 0.416 e. The Labute approximate surface area is 169 Å². The molecule has 3 rings (SSSR count). The smallest absolute Gasteiger partial charge is 0.393 e. The van der Waals surface area contributed by atoms with E-state index in [9.17, 15) is 27.5 Å². The molecule has 0 saturated carbocycles. The first-order valence-electron chi connectivity index (χ1n) is 9.06. The van der Waals surface area contributed by atoms with Crippen molar-refractivity contribution in [1.29, 1.82) is 0 Å². The predicted molar refractivity (Wildman–Crippen MR) is 101 cm³/mol. The highest BCUT2D eigenvalue weighted by Gasteiger charge is 2.30. The second kappa shape index (κ2) is 8.80. The van der Waals surface area contributed by atoms with Gasteiger partial charge in [0.15, 0.2) is 11.6 Å². The highest BCUT2D eigenvalue weighted by atomic mass is 19.4. The van der Waals surface area contributed by atoms with Crippen LogP contribution >= 0.6 is 0 Å². The summed E-state index contributed by atoms with van der Waals surface area (Å²) in [6.07, 6.45) is -2.51. The number of amides is 1. The Balaban J connectivity index is 1.63. The van der Waals surface area contributed by atoms with Gasteiger partial charge in [0.25, 0.3) is 5.91 Å². The van der Waals surface area contributed by atoms with Crippen LogP contribution in [-0.2, 0) is 11.0 Å². The minimum atomic E-state index is -4.45. The molecule has 0 spiro atoms. The SMILES string of the molecule is O=C(Nc1ccc(C(F)(F)F)cc1)C1=CCN(c2ncc([C@@H](O)CO)cc2F)CC1. The minimum absolute atomic E-state index is 0.0577. The third-order valence-electron chi connectivity index (χ3n) is 4.67. The molecule has 0 bridgehead atoms. The van der Waals surface area contributed by atoms with Crippen LogP contribution in [0.5, 0.6) is 0 Å². The van der Waals surface area contributed by atoms with E-state index in [-0.39, 0.29) is 30.0 Å². The second-order valence-corrected chi connectivity index (χ2v) is 6.73. The number of pyridine rings is 1. The zero-order chi connectivity index (χ0) is 21.9. The molecule has 6 nitrogen and oxygen atoms in total. The van der Waals surface area contributed by atoms with Crippen LogP contribution in [0.1, 0.15) is 23.7 Å². The van der Waals surface area contributed by atoms with E-state index < -0.39 is 36.2 Å². The molecular formula is C20H19F4N3O3. The van der Waals surface area contributed by atoms with Crippen LogP contribution in [0.25, 0.3) is 0 Å². The fourth-order valence-corrected chi connectivity index (χ4v) is 2.99. The van der Waals surface area contributed by atoms with E-state index in [1.165, 1.54) is 18.3 Å². The average molecular weight is 425 g/mol. The quantitative estimate of drug-likeness (QED) is 0.642. The second-order valence-electron chi connectivity index (χ2n) is 6.73. The Kier molecular flexibility index (Phi) is 6.37. The van der Waals surface area contributed by atoms with Gasteiger partial charge in [-0.05, 0) is 36.8 Å². The molecule has 1 aromatic heterocycles. The third-order valence-corrected chi connectivity index (χ3v) is 4.67. The molecule has 10 heteroatoms. The molecule has 1 atom stereocenters. The Morgan fingerprint density at radius 1 is 1.27 bits per heavy atom. The first-order chi connectivity index (χ1) is 14.2. The van der Waals surface area contributed by atoms with Gasteiger partial charge in [0, 0.05) is 36.1 Å². The molecular weight excluding hydrogens is 406 g/mol. The summed E-state index contributed by atoms with van der Waals surface area (Å²) < 4.78 is 52.1. The molecule has 1 aliphatic rings. The monoisotopic (exact) mass is 425 g/mol. The summed E-state index contributed by atoms with van der Waals surface area (Å²) >= 11 is 0. The first kappa shape index (κ1) is 21.7. The molecule has 160 valence electrons. The number of nitrogens with zero attached hydrogens (tertiary/aromatic N) is 2. The Morgan fingerprint density at radius 3 is 2.50 bits per heavy atom. The van der Waals surface area contributed by atoms with E-state index in [1.807, 2.05) is 0 Å². The molecule has 2 heterocycles. The van der Waals surface area contributed by atoms with E-state index in [0.29, 0.717) is 12.1 Å². The lowest BCUT2D eigenvalue weighted by Gasteiger charge is -2.27. The summed E-state index contributed by atoms with van der Waals surface area (Å²) in [6.45, 7) is -0.0377. The maximum absolute atomic E-state index is 14.3. The highest BCUT2D eigenvalue weighted by Crippen LogP contribution is 2.30. The predicted octanol–water partition coefficient (Wildman–Crippen LogP) is 3.04. The number of aliphatic hydroxyl groups is 2. The summed E-state index contributed by atoms with van der Waals surface area (Å²) in [5.41, 5.74) is 0.0175. The Morgan fingerprint density at radius 2 is 1.97 bits per heavy atom. The van der Waals surface area contributed by atoms with Gasteiger partial charge in [-0.15, -0.1) is 0 Å². The number of anilines is 2. The van der Waals surface area contributed by atoms with Gasteiger partial charge in [-0.2, -0.15) is 13.2 Å². The van der Waals surface area contributed by atoms with Crippen LogP contribution in [-0.4, -0.2) is 40.8 Å². The van der Waals surface area contributed by atoms with Crippen LogP contribution in [0.15, 0.2) is 48.2 Å². The van der Waals surface area contributed by atoms with Gasteiger partial charge in [0.2, 0.25) is 0 Å². The number of hydrogen-bond acceptors (Lipinski definition) is 5. The lowest BCUT2D eigenvalue weighted by Crippen LogP contribution is -2.32. The number of nitrogens with one attached hydrogen (secondary N) is 1. The third kappa shape index (κ3) is 4.95. The van der Waals surface area contributed by atoms with Crippen molar-refractivity contribution in [2.75, 3.05) is 29.9 Å². The fourth-order valence-electron chi connectivity index (χ4n) is 2.99. The molecule has 0 unspecified atom stereocenters. The summed E-state index contributed by atoms with van der Waals surface area (Å²) in [5.74, 6) is -1.04. The number of alkyl halides is 3. The van der Waals surface area contributed by atoms with E-state index in [2.05, 4.69) is 10.3 Å². The molecule has 0 saturated heterocycles. The number of carbonyl (C=O) groups is 1. The Bertz CT molecular complexity index is 945. The van der Waals surface area contributed by atoms with Gasteiger partial charge in [-0.1, -0.05) is 6.08 Å². The van der Waals surface area contributed by atoms with Crippen molar-refractivity contribution in [3.63, 3.8) is 0 Å². The molecule has 0 radical (unpaired) electrons. The van der Waals surface area contributed by atoms with Gasteiger partial charge in [-0.3, -0.25) is 4.79 Å². The molecule has 1 amide bonds. The van der Waals surface area contributed by atoms with Crippen molar-refractivity contribution < 1.29 is 32.6 Å². The summed E-state index contributed by atoms with van der Waals surface area (Å²) in [4.78, 5) is 18.0. The molecule has 1 aliphatic heterocycles. The summed E-state index contributed by atoms with van der Waals surface area (Å²) in [7, 11) is 0. The summed E-state index contributed by atoms with van der Waals surface area (Å²) in [6, 6.07) is 5.23. The number of rotatable bonds is 5. The molecule has 0 fully saturated rings. The van der Waals surface area contributed by atoms with Crippen molar-refractivity contribution in [2.45, 2.75) is 18.7 Å². The number of aromatic nitrogens is 1. The van der Waals surface area contributed by atoms with Gasteiger partial charge < -0.3 is 20.4 Å². The van der Waals surface area contributed by atoms with Crippen LogP contribution < -0.4 is 10.2 Å². The normalized spacial score (nSPS) is 15.5. The van der Waals surface area contributed by atoms with Crippen molar-refractivity contribution >= 4 is 17.4 Å². The molecule has 0 aliphatic carbocycles. The Hall–Kier alpha value is -2.98. The van der Waals surface area contributed by atoms with Crippen molar-refractivity contribution in [2.24, 2.45) is 0 Å². The maximum atomic E-state index is 14.3. The van der Waals surface area contributed by atoms with Gasteiger partial charge >= 0.3 is 6.18 Å². The maximum Gasteiger partial charge on any atom is 0.416 e. The van der Waals surface area contributed by atoms with Crippen molar-refractivity contribution in [1.82, 2.24) is 4.98 Å². The highest BCUT2D eigenvalue weighted by molar-refractivity contribution is 6.04. The van der Waals surface area contributed by atoms with Gasteiger partial charge in [-0.25, -0.2) is 9.37 Å². The van der Waals surface area contributed by atoms with Crippen LogP contribution in [0.2, 0.25) is 0 Å². The number of aliphatic hydroxyl groups excluding tert-OH is 2. The van der Waals surface area contributed by atoms with Crippen molar-refractivity contribution in [3.05, 3.63) is 65.1 Å². The topological polar surface area (TPSA) is 85.7 Å². The molecule has 1 aromatic carbocycles. The van der Waals surface area contributed by atoms with E-state index in [1.54, 1.807) is 11.0 Å². The van der Waals surface area contributed by atoms with Crippen molar-refractivity contribution in [3.8, 4) is 0 Å². The first-order valence-corrected chi connectivity index (χ1v) is 9.06. The lowest BCUT2D eigenvalue weighted by molar-refractivity contribution is -0.137. The van der Waals surface area contributed by atoms with Gasteiger partial charge in [0.1, 0.15) is 6.10 Å². The zero-order valence-electron chi connectivity index (χ0n) is 15.7. The number of halogens is 4. The molecule has 2 aromatic rings. The van der Waals surface area contributed by atoms with Crippen LogP contribution in [0.3, 0.4) is 0 Å². The summed E-state index contributed by atoms with van der Waals surface area (Å²) in [5, 5.41) is 21.0. The average Bonchev–Trinajstić information content (AvgIpc) is 2.73. The lowest BCUT2D eigenvalue weighted by atomic mass is 10.1. The number of benzene rings is 1. The van der Waals surface area contributed by atoms with Crippen LogP contribution in [0.4, 0.5) is 29.1 Å². The van der Waals surface area contributed by atoms with Gasteiger partial charge in [0.05, 0.1) is 12.2 Å². The van der Waals surface area contributed by atoms with Crippen LogP contribution in [0, 0.1) is 5.82 Å². The van der Waals surface area contributed by atoms with E-state index >= 15 is 0 Å². The fraction of sp³-hybridized carbons (Fsp3) is 0.300. The number of carbonyl (C=O) groups excluding carboxylic acids is 1. The molecule has 3 N–H and O–H groups in total. The molecule has 30 heavy (non-hydrogen) atoms. The van der Waals surface area contributed by atoms with E-state index in [4.69, 9.17) is 5.11 Å². The van der Waals surface area contributed by atoms with E-state index in [0.717, 1.165) is 18.2 Å². The standard InChI is InChI=1S/C20H19F4N3O3/c21-16-9-13(17(29)11-28)10-25-18(16)27-7-5-12(6-8-27)19(30)26-15-3-1-14(2-4-15)20(22,23)24/h1-5,9-10,17,28-29H,6-8,11H2,(H,26,30)/t17-/m0/s1.